The summed E-state index contributed by atoms with van der Waals surface area (Å²) in [5.41, 5.74) is 0.670. The van der Waals surface area contributed by atoms with Gasteiger partial charge in [-0.05, 0) is 45.6 Å². The lowest BCUT2D eigenvalue weighted by Crippen LogP contribution is -2.33. The molecule has 4 heteroatoms. The largest absolute Gasteiger partial charge is 0.544 e. The first-order chi connectivity index (χ1) is 8.39. The van der Waals surface area contributed by atoms with Crippen molar-refractivity contribution in [3.05, 3.63) is 29.8 Å². The van der Waals surface area contributed by atoms with Crippen molar-refractivity contribution in [2.75, 3.05) is 13.1 Å². The van der Waals surface area contributed by atoms with Crippen molar-refractivity contribution < 1.29 is 9.22 Å². The van der Waals surface area contributed by atoms with Crippen LogP contribution < -0.4 is 4.43 Å². The van der Waals surface area contributed by atoms with Crippen LogP contribution in [0.4, 0.5) is 0 Å². The molecule has 0 unspecified atom stereocenters. The van der Waals surface area contributed by atoms with Gasteiger partial charge in [0.15, 0.2) is 0 Å². The van der Waals surface area contributed by atoms with Crippen LogP contribution in [-0.2, 0) is 0 Å². The van der Waals surface area contributed by atoms with Gasteiger partial charge in [-0.25, -0.2) is 0 Å². The van der Waals surface area contributed by atoms with Gasteiger partial charge >= 0.3 is 0 Å². The zero-order valence-corrected chi connectivity index (χ0v) is 13.0. The molecule has 1 aromatic carbocycles. The first-order valence-corrected chi connectivity index (χ1v) is 9.87. The van der Waals surface area contributed by atoms with E-state index in [-0.39, 0.29) is 5.91 Å². The average molecular weight is 265 g/mol. The maximum Gasteiger partial charge on any atom is 0.257 e. The van der Waals surface area contributed by atoms with E-state index in [1.165, 1.54) is 0 Å². The summed E-state index contributed by atoms with van der Waals surface area (Å²) in [4.78, 5) is 14.2. The predicted molar refractivity (Wildman–Crippen MR) is 77.7 cm³/mol. The summed E-state index contributed by atoms with van der Waals surface area (Å²) in [6.45, 7) is 11.8. The van der Waals surface area contributed by atoms with Crippen molar-refractivity contribution >= 4 is 14.2 Å². The minimum absolute atomic E-state index is 0.0499. The minimum atomic E-state index is -1.70. The lowest BCUT2D eigenvalue weighted by Gasteiger charge is -2.24. The van der Waals surface area contributed by atoms with Crippen LogP contribution in [0.3, 0.4) is 0 Å². The number of carbonyl (C=O) groups excluding carboxylic acids is 1. The zero-order chi connectivity index (χ0) is 13.8. The third-order valence-electron chi connectivity index (χ3n) is 2.58. The predicted octanol–water partition coefficient (Wildman–Crippen LogP) is 3.38. The van der Waals surface area contributed by atoms with Crippen molar-refractivity contribution in [2.45, 2.75) is 33.5 Å². The molecular weight excluding hydrogens is 242 g/mol. The van der Waals surface area contributed by atoms with Gasteiger partial charge in [0.1, 0.15) is 5.75 Å². The summed E-state index contributed by atoms with van der Waals surface area (Å²) in [5, 5.41) is 0. The quantitative estimate of drug-likeness (QED) is 0.764. The third-order valence-corrected chi connectivity index (χ3v) is 3.42. The van der Waals surface area contributed by atoms with Gasteiger partial charge in [0, 0.05) is 13.1 Å². The highest BCUT2D eigenvalue weighted by molar-refractivity contribution is 6.70. The minimum Gasteiger partial charge on any atom is -0.544 e. The lowest BCUT2D eigenvalue weighted by atomic mass is 10.2. The second kappa shape index (κ2) is 6.04. The average Bonchev–Trinajstić information content (AvgIpc) is 2.29. The molecule has 0 bridgehead atoms. The molecule has 0 N–H and O–H groups in total. The first-order valence-electron chi connectivity index (χ1n) is 6.46. The van der Waals surface area contributed by atoms with E-state index < -0.39 is 8.32 Å². The molecule has 0 radical (unpaired) electrons. The summed E-state index contributed by atoms with van der Waals surface area (Å²) in [7, 11) is -1.70. The van der Waals surface area contributed by atoms with Crippen LogP contribution in [0, 0.1) is 0 Å². The zero-order valence-electron chi connectivity index (χ0n) is 12.0. The van der Waals surface area contributed by atoms with Crippen LogP contribution in [-0.4, -0.2) is 32.2 Å². The van der Waals surface area contributed by atoms with E-state index >= 15 is 0 Å². The number of hydrogen-bond acceptors (Lipinski definition) is 2. The Morgan fingerprint density at radius 1 is 1.17 bits per heavy atom. The molecule has 0 fully saturated rings. The maximum atomic E-state index is 12.4. The molecule has 0 aliphatic rings. The van der Waals surface area contributed by atoms with Crippen LogP contribution in [0.25, 0.3) is 0 Å². The number of hydrogen-bond donors (Lipinski definition) is 0. The fourth-order valence-electron chi connectivity index (χ4n) is 1.74. The summed E-state index contributed by atoms with van der Waals surface area (Å²) in [5.74, 6) is 0.766. The van der Waals surface area contributed by atoms with Gasteiger partial charge in [-0.15, -0.1) is 0 Å². The smallest absolute Gasteiger partial charge is 0.257 e. The van der Waals surface area contributed by atoms with E-state index in [1.807, 2.05) is 43.0 Å². The molecule has 3 nitrogen and oxygen atoms in total. The fourth-order valence-corrected chi connectivity index (χ4v) is 2.58. The van der Waals surface area contributed by atoms with Crippen molar-refractivity contribution in [1.29, 1.82) is 0 Å². The van der Waals surface area contributed by atoms with Gasteiger partial charge in [-0.2, -0.15) is 0 Å². The number of nitrogens with zero attached hydrogens (tertiary/aromatic N) is 1. The number of rotatable bonds is 5. The van der Waals surface area contributed by atoms with E-state index in [1.54, 1.807) is 0 Å². The number of carbonyl (C=O) groups is 1. The highest BCUT2D eigenvalue weighted by Gasteiger charge is 2.22. The summed E-state index contributed by atoms with van der Waals surface area (Å²) >= 11 is 0. The first kappa shape index (κ1) is 14.8. The van der Waals surface area contributed by atoms with E-state index in [9.17, 15) is 4.79 Å². The summed E-state index contributed by atoms with van der Waals surface area (Å²) in [6, 6.07) is 7.52. The maximum absolute atomic E-state index is 12.4. The Bertz CT molecular complexity index is 409. The molecule has 0 aliphatic carbocycles. The molecule has 0 saturated heterocycles. The molecular formula is C14H23NO2Si. The molecule has 0 aromatic heterocycles. The van der Waals surface area contributed by atoms with Gasteiger partial charge < -0.3 is 9.33 Å². The number of para-hydroxylation sites is 1. The Balaban J connectivity index is 3.05. The second-order valence-corrected chi connectivity index (χ2v) is 9.62. The number of benzene rings is 1. The molecule has 100 valence electrons. The fraction of sp³-hybridized carbons (Fsp3) is 0.500. The monoisotopic (exact) mass is 265 g/mol. The molecule has 0 atom stereocenters. The van der Waals surface area contributed by atoms with Crippen molar-refractivity contribution in [1.82, 2.24) is 4.90 Å². The van der Waals surface area contributed by atoms with E-state index in [4.69, 9.17) is 4.43 Å². The third kappa shape index (κ3) is 3.87. The van der Waals surface area contributed by atoms with Gasteiger partial charge in [0.2, 0.25) is 8.32 Å². The molecule has 0 spiro atoms. The Morgan fingerprint density at radius 3 is 2.22 bits per heavy atom. The molecule has 0 saturated carbocycles. The SMILES string of the molecule is CCN(CC)C(=O)c1ccccc1O[Si](C)(C)C. The van der Waals surface area contributed by atoms with E-state index in [0.717, 1.165) is 13.1 Å². The molecule has 18 heavy (non-hydrogen) atoms. The van der Waals surface area contributed by atoms with Gasteiger partial charge in [-0.3, -0.25) is 4.79 Å². The molecule has 0 heterocycles. The highest BCUT2D eigenvalue weighted by Crippen LogP contribution is 2.23. The molecule has 1 amide bonds. The number of amides is 1. The van der Waals surface area contributed by atoms with Crippen LogP contribution in [0.1, 0.15) is 24.2 Å². The molecule has 1 rings (SSSR count). The van der Waals surface area contributed by atoms with Crippen LogP contribution >= 0.6 is 0 Å². The Hall–Kier alpha value is -1.29. The normalized spacial score (nSPS) is 11.2. The van der Waals surface area contributed by atoms with Crippen molar-refractivity contribution in [3.63, 3.8) is 0 Å². The van der Waals surface area contributed by atoms with Gasteiger partial charge in [0.25, 0.3) is 5.91 Å². The standard InChI is InChI=1S/C14H23NO2Si/c1-6-15(7-2)14(16)12-10-8-9-11-13(12)17-18(3,4)5/h8-11H,6-7H2,1-5H3. The molecule has 0 aliphatic heterocycles. The Labute approximate surface area is 111 Å². The van der Waals surface area contributed by atoms with Gasteiger partial charge in [0.05, 0.1) is 5.56 Å². The summed E-state index contributed by atoms with van der Waals surface area (Å²) in [6.07, 6.45) is 0. The van der Waals surface area contributed by atoms with E-state index in [0.29, 0.717) is 11.3 Å². The van der Waals surface area contributed by atoms with E-state index in [2.05, 4.69) is 19.6 Å². The van der Waals surface area contributed by atoms with Crippen molar-refractivity contribution in [2.24, 2.45) is 0 Å². The molecule has 1 aromatic rings. The highest BCUT2D eigenvalue weighted by atomic mass is 28.4. The van der Waals surface area contributed by atoms with Crippen LogP contribution in [0.2, 0.25) is 19.6 Å². The second-order valence-electron chi connectivity index (χ2n) is 5.19. The lowest BCUT2D eigenvalue weighted by molar-refractivity contribution is 0.0771. The van der Waals surface area contributed by atoms with Crippen LogP contribution in [0.5, 0.6) is 5.75 Å². The van der Waals surface area contributed by atoms with Crippen molar-refractivity contribution in [3.8, 4) is 5.75 Å². The van der Waals surface area contributed by atoms with Gasteiger partial charge in [-0.1, -0.05) is 12.1 Å². The topological polar surface area (TPSA) is 29.5 Å². The summed E-state index contributed by atoms with van der Waals surface area (Å²) < 4.78 is 5.98. The van der Waals surface area contributed by atoms with Crippen LogP contribution in [0.15, 0.2) is 24.3 Å². The Kier molecular flexibility index (Phi) is 4.96. The Morgan fingerprint density at radius 2 is 1.72 bits per heavy atom.